The van der Waals surface area contributed by atoms with Crippen LogP contribution >= 0.6 is 11.3 Å². The van der Waals surface area contributed by atoms with Gasteiger partial charge in [-0.05, 0) is 37.6 Å². The summed E-state index contributed by atoms with van der Waals surface area (Å²) in [6.07, 6.45) is 3.81. The number of nitrogens with zero attached hydrogens (tertiary/aromatic N) is 6. The van der Waals surface area contributed by atoms with E-state index in [0.717, 1.165) is 28.6 Å². The number of halogens is 2. The quantitative estimate of drug-likeness (QED) is 0.343. The number of pyridine rings is 2. The first-order valence-electron chi connectivity index (χ1n) is 12.1. The highest BCUT2D eigenvalue weighted by molar-refractivity contribution is 7.13. The van der Waals surface area contributed by atoms with Gasteiger partial charge in [-0.2, -0.15) is 5.26 Å². The summed E-state index contributed by atoms with van der Waals surface area (Å²) in [6.45, 7) is 7.94. The molecule has 1 spiro atoms. The molecule has 0 bridgehead atoms. The third-order valence-corrected chi connectivity index (χ3v) is 8.38. The molecule has 1 amide bonds. The lowest BCUT2D eigenvalue weighted by Gasteiger charge is -2.47. The van der Waals surface area contributed by atoms with Crippen LogP contribution in [0.5, 0.6) is 0 Å². The maximum absolute atomic E-state index is 15.1. The summed E-state index contributed by atoms with van der Waals surface area (Å²) in [5.41, 5.74) is 4.77. The van der Waals surface area contributed by atoms with Crippen LogP contribution in [0.25, 0.3) is 32.6 Å². The Morgan fingerprint density at radius 3 is 2.74 bits per heavy atom. The molecule has 0 N–H and O–H groups in total. The summed E-state index contributed by atoms with van der Waals surface area (Å²) in [5, 5.41) is 10.3. The molecular weight excluding hydrogens is 506 g/mol. The Morgan fingerprint density at radius 1 is 1.24 bits per heavy atom. The number of carbonyl (C=O) groups is 1. The summed E-state index contributed by atoms with van der Waals surface area (Å²) in [5.74, 6) is -1.14. The molecule has 0 saturated carbocycles. The number of nitriles is 1. The van der Waals surface area contributed by atoms with Gasteiger partial charge in [0.15, 0.2) is 0 Å². The first kappa shape index (κ1) is 24.1. The molecule has 2 aliphatic heterocycles. The van der Waals surface area contributed by atoms with Crippen molar-refractivity contribution < 1.29 is 13.6 Å². The average Bonchev–Trinajstić information content (AvgIpc) is 3.53. The number of hydrogen-bond donors (Lipinski definition) is 0. The summed E-state index contributed by atoms with van der Waals surface area (Å²) in [6, 6.07) is 7.42. The summed E-state index contributed by atoms with van der Waals surface area (Å²) in [7, 11) is 0. The van der Waals surface area contributed by atoms with Crippen LogP contribution in [0.15, 0.2) is 48.6 Å². The van der Waals surface area contributed by atoms with Gasteiger partial charge in [0, 0.05) is 60.5 Å². The second kappa shape index (κ2) is 8.96. The van der Waals surface area contributed by atoms with Crippen LogP contribution in [0.3, 0.4) is 0 Å². The zero-order valence-electron chi connectivity index (χ0n) is 20.5. The van der Waals surface area contributed by atoms with Crippen LogP contribution < -0.4 is 4.90 Å². The molecule has 1 aromatic carbocycles. The summed E-state index contributed by atoms with van der Waals surface area (Å²) in [4.78, 5) is 30.6. The van der Waals surface area contributed by atoms with Crippen LogP contribution in [0.4, 0.5) is 14.6 Å². The Hall–Kier alpha value is -4.23. The second-order valence-electron chi connectivity index (χ2n) is 9.85. The Kier molecular flexibility index (Phi) is 5.69. The molecule has 3 aromatic heterocycles. The van der Waals surface area contributed by atoms with Crippen LogP contribution in [0, 0.1) is 35.3 Å². The number of thiazole rings is 1. The van der Waals surface area contributed by atoms with Gasteiger partial charge in [-0.25, -0.2) is 18.7 Å². The molecule has 4 aromatic rings. The number of rotatable bonds is 4. The predicted molar refractivity (Wildman–Crippen MR) is 141 cm³/mol. The molecule has 38 heavy (non-hydrogen) atoms. The van der Waals surface area contributed by atoms with Crippen LogP contribution in [0.2, 0.25) is 0 Å². The monoisotopic (exact) mass is 528 g/mol. The molecule has 0 radical (unpaired) electrons. The molecule has 190 valence electrons. The Labute approximate surface area is 221 Å². The SMILES string of the molecule is C=CC(=O)N1CC2(CCN(c3nc4cc(-c5scnc5C)cnc4c(-c4ccc(F)cc4F)c3C#N)C2)C1. The highest BCUT2D eigenvalue weighted by Crippen LogP contribution is 2.44. The van der Waals surface area contributed by atoms with E-state index in [1.807, 2.05) is 17.9 Å². The topological polar surface area (TPSA) is 86.0 Å². The van der Waals surface area contributed by atoms with Crippen molar-refractivity contribution in [2.45, 2.75) is 13.3 Å². The summed E-state index contributed by atoms with van der Waals surface area (Å²) < 4.78 is 28.9. The molecule has 10 heteroatoms. The lowest BCUT2D eigenvalue weighted by Crippen LogP contribution is -2.59. The number of aryl methyl sites for hydroxylation is 1. The Bertz CT molecular complexity index is 1670. The highest BCUT2D eigenvalue weighted by Gasteiger charge is 2.49. The van der Waals surface area contributed by atoms with E-state index in [1.54, 1.807) is 16.6 Å². The van der Waals surface area contributed by atoms with E-state index in [1.165, 1.54) is 29.5 Å². The van der Waals surface area contributed by atoms with Crippen molar-refractivity contribution in [2.75, 3.05) is 31.1 Å². The molecule has 7 nitrogen and oxygen atoms in total. The van der Waals surface area contributed by atoms with E-state index in [4.69, 9.17) is 4.98 Å². The fourth-order valence-corrected chi connectivity index (χ4v) is 6.33. The van der Waals surface area contributed by atoms with Crippen molar-refractivity contribution in [3.05, 3.63) is 71.5 Å². The number of aromatic nitrogens is 3. The molecule has 6 rings (SSSR count). The number of hydrogen-bond acceptors (Lipinski definition) is 7. The standard InChI is InChI=1S/C28H22F2N6OS/c1-3-23(37)36-13-28(14-36)6-7-35(12-28)27-20(10-31)24(19-5-4-18(29)9-21(19)30)25-22(34-27)8-17(11-32-25)26-16(2)33-15-38-26/h3-5,8-9,11,15H,1,6-7,12-14H2,2H3. The molecule has 2 aliphatic rings. The largest absolute Gasteiger partial charge is 0.355 e. The molecule has 0 unspecified atom stereocenters. The number of benzene rings is 1. The van der Waals surface area contributed by atoms with Gasteiger partial charge < -0.3 is 9.80 Å². The van der Waals surface area contributed by atoms with Crippen LogP contribution in [0.1, 0.15) is 17.7 Å². The van der Waals surface area contributed by atoms with Gasteiger partial charge in [-0.15, -0.1) is 11.3 Å². The maximum atomic E-state index is 15.1. The van der Waals surface area contributed by atoms with Crippen molar-refractivity contribution in [2.24, 2.45) is 5.41 Å². The molecule has 0 aliphatic carbocycles. The number of likely N-dealkylation sites (tertiary alicyclic amines) is 1. The van der Waals surface area contributed by atoms with Crippen molar-refractivity contribution in [1.82, 2.24) is 19.9 Å². The highest BCUT2D eigenvalue weighted by atomic mass is 32.1. The van der Waals surface area contributed by atoms with E-state index in [2.05, 4.69) is 22.6 Å². The predicted octanol–water partition coefficient (Wildman–Crippen LogP) is 5.10. The van der Waals surface area contributed by atoms with Crippen LogP contribution in [-0.2, 0) is 4.79 Å². The van der Waals surface area contributed by atoms with Crippen molar-refractivity contribution in [1.29, 1.82) is 5.26 Å². The van der Waals surface area contributed by atoms with E-state index in [9.17, 15) is 14.4 Å². The Morgan fingerprint density at radius 2 is 2.05 bits per heavy atom. The third kappa shape index (κ3) is 3.82. The molecule has 5 heterocycles. The average molecular weight is 529 g/mol. The normalized spacial score (nSPS) is 16.1. The lowest BCUT2D eigenvalue weighted by molar-refractivity contribution is -0.136. The van der Waals surface area contributed by atoms with E-state index in [0.29, 0.717) is 43.0 Å². The summed E-state index contributed by atoms with van der Waals surface area (Å²) >= 11 is 1.49. The third-order valence-electron chi connectivity index (χ3n) is 7.40. The van der Waals surface area contributed by atoms with E-state index >= 15 is 4.39 Å². The maximum Gasteiger partial charge on any atom is 0.245 e. The zero-order valence-corrected chi connectivity index (χ0v) is 21.4. The van der Waals surface area contributed by atoms with E-state index in [-0.39, 0.29) is 28.0 Å². The van der Waals surface area contributed by atoms with Gasteiger partial charge in [0.1, 0.15) is 29.1 Å². The zero-order chi connectivity index (χ0) is 26.6. The number of carbonyl (C=O) groups excluding carboxylic acids is 1. The number of anilines is 1. The first-order valence-corrected chi connectivity index (χ1v) is 13.0. The fourth-order valence-electron chi connectivity index (χ4n) is 5.55. The number of fused-ring (bicyclic) bond motifs is 1. The molecule has 2 fully saturated rings. The van der Waals surface area contributed by atoms with Crippen LogP contribution in [-0.4, -0.2) is 51.9 Å². The Balaban J connectivity index is 1.51. The van der Waals surface area contributed by atoms with Gasteiger partial charge in [0.25, 0.3) is 0 Å². The molecular formula is C28H22F2N6OS. The first-order chi connectivity index (χ1) is 18.3. The minimum Gasteiger partial charge on any atom is -0.355 e. The van der Waals surface area contributed by atoms with Crippen molar-refractivity contribution in [3.63, 3.8) is 0 Å². The van der Waals surface area contributed by atoms with Gasteiger partial charge in [0.05, 0.1) is 27.1 Å². The lowest BCUT2D eigenvalue weighted by atomic mass is 9.79. The minimum atomic E-state index is -0.778. The molecule has 2 saturated heterocycles. The molecule has 0 atom stereocenters. The van der Waals surface area contributed by atoms with Gasteiger partial charge in [-0.1, -0.05) is 6.58 Å². The van der Waals surface area contributed by atoms with Gasteiger partial charge in [-0.3, -0.25) is 9.78 Å². The van der Waals surface area contributed by atoms with Crippen molar-refractivity contribution in [3.8, 4) is 27.6 Å². The van der Waals surface area contributed by atoms with Gasteiger partial charge in [0.2, 0.25) is 5.91 Å². The fraction of sp³-hybridized carbons (Fsp3) is 0.250. The minimum absolute atomic E-state index is 0.0890. The number of amides is 1. The van der Waals surface area contributed by atoms with Crippen molar-refractivity contribution >= 4 is 34.1 Å². The second-order valence-corrected chi connectivity index (χ2v) is 10.7. The smallest absolute Gasteiger partial charge is 0.245 e. The van der Waals surface area contributed by atoms with Gasteiger partial charge >= 0.3 is 0 Å². The van der Waals surface area contributed by atoms with E-state index < -0.39 is 11.6 Å².